The lowest BCUT2D eigenvalue weighted by molar-refractivity contribution is 0.472. The van der Waals surface area contributed by atoms with Crippen molar-refractivity contribution >= 4 is 22.6 Å². The number of aryl methyl sites for hydroxylation is 1. The van der Waals surface area contributed by atoms with Gasteiger partial charge in [0.1, 0.15) is 9.46 Å². The summed E-state index contributed by atoms with van der Waals surface area (Å²) in [5, 5.41) is 0. The molecule has 0 fully saturated rings. The largest absolute Gasteiger partial charge is 0.419 e. The van der Waals surface area contributed by atoms with Gasteiger partial charge in [-0.3, -0.25) is 4.57 Å². The third-order valence-electron chi connectivity index (χ3n) is 1.10. The van der Waals surface area contributed by atoms with Crippen LogP contribution in [0.25, 0.3) is 0 Å². The van der Waals surface area contributed by atoms with Gasteiger partial charge in [-0.2, -0.15) is 0 Å². The average molecular weight is 239 g/mol. The molecule has 0 aromatic carbocycles. The van der Waals surface area contributed by atoms with Crippen LogP contribution in [-0.4, -0.2) is 4.57 Å². The molecule has 0 N–H and O–H groups in total. The number of hydrogen-bond donors (Lipinski definition) is 0. The van der Waals surface area contributed by atoms with E-state index < -0.39 is 0 Å². The molecule has 1 heterocycles. The molecule has 4 heteroatoms. The van der Waals surface area contributed by atoms with Crippen LogP contribution in [0.4, 0.5) is 0 Å². The van der Waals surface area contributed by atoms with Crippen LogP contribution in [0.3, 0.4) is 0 Å². The minimum atomic E-state index is -0.295. The van der Waals surface area contributed by atoms with Crippen molar-refractivity contribution in [3.63, 3.8) is 0 Å². The Morgan fingerprint density at radius 1 is 1.67 bits per heavy atom. The van der Waals surface area contributed by atoms with Gasteiger partial charge in [-0.25, -0.2) is 4.79 Å². The summed E-state index contributed by atoms with van der Waals surface area (Å²) < 4.78 is 7.07. The third kappa shape index (κ3) is 1.03. The fourth-order valence-corrected chi connectivity index (χ4v) is 0.865. The van der Waals surface area contributed by atoms with Crippen LogP contribution >= 0.6 is 22.6 Å². The van der Waals surface area contributed by atoms with Gasteiger partial charge in [0.2, 0.25) is 0 Å². The summed E-state index contributed by atoms with van der Waals surface area (Å²) in [6.07, 6.45) is 0. The molecule has 0 bridgehead atoms. The first-order valence-corrected chi connectivity index (χ1v) is 3.52. The Bertz CT molecular complexity index is 273. The molecular formula is C5H6INO2. The van der Waals surface area contributed by atoms with E-state index in [1.54, 1.807) is 14.0 Å². The molecule has 0 saturated carbocycles. The quantitative estimate of drug-likeness (QED) is 0.630. The molecule has 1 rings (SSSR count). The summed E-state index contributed by atoms with van der Waals surface area (Å²) in [5.74, 6) is 0.389. The molecule has 9 heavy (non-hydrogen) atoms. The van der Waals surface area contributed by atoms with Crippen molar-refractivity contribution in [3.8, 4) is 0 Å². The number of nitrogens with zero attached hydrogens (tertiary/aromatic N) is 1. The van der Waals surface area contributed by atoms with Gasteiger partial charge < -0.3 is 4.42 Å². The molecule has 1 aromatic rings. The van der Waals surface area contributed by atoms with Crippen LogP contribution in [-0.2, 0) is 7.05 Å². The van der Waals surface area contributed by atoms with E-state index in [2.05, 4.69) is 22.6 Å². The highest BCUT2D eigenvalue weighted by molar-refractivity contribution is 14.1. The van der Waals surface area contributed by atoms with Gasteiger partial charge in [0.25, 0.3) is 0 Å². The predicted octanol–water partition coefficient (Wildman–Crippen LogP) is 0.891. The molecule has 0 radical (unpaired) electrons. The van der Waals surface area contributed by atoms with Crippen molar-refractivity contribution in [2.75, 3.05) is 0 Å². The average Bonchev–Trinajstić information content (AvgIpc) is 1.98. The summed E-state index contributed by atoms with van der Waals surface area (Å²) in [6.45, 7) is 1.77. The van der Waals surface area contributed by atoms with Gasteiger partial charge >= 0.3 is 5.76 Å². The minimum Gasteiger partial charge on any atom is -0.412 e. The summed E-state index contributed by atoms with van der Waals surface area (Å²) in [7, 11) is 1.68. The van der Waals surface area contributed by atoms with E-state index in [1.807, 2.05) is 0 Å². The van der Waals surface area contributed by atoms with Crippen LogP contribution in [0.5, 0.6) is 0 Å². The third-order valence-corrected chi connectivity index (χ3v) is 2.58. The van der Waals surface area contributed by atoms with Crippen LogP contribution < -0.4 is 5.76 Å². The zero-order valence-corrected chi connectivity index (χ0v) is 7.30. The maximum absolute atomic E-state index is 10.7. The number of halogens is 1. The first kappa shape index (κ1) is 6.85. The number of hydrogen-bond acceptors (Lipinski definition) is 2. The Balaban J connectivity index is 3.47. The Hall–Kier alpha value is -0.260. The number of aromatic nitrogens is 1. The monoisotopic (exact) mass is 239 g/mol. The first-order chi connectivity index (χ1) is 4.13. The maximum atomic E-state index is 10.7. The zero-order valence-electron chi connectivity index (χ0n) is 5.14. The van der Waals surface area contributed by atoms with Gasteiger partial charge in [-0.1, -0.05) is 0 Å². The van der Waals surface area contributed by atoms with Gasteiger partial charge in [0.15, 0.2) is 0 Å². The Kier molecular flexibility index (Phi) is 1.65. The van der Waals surface area contributed by atoms with Crippen molar-refractivity contribution in [2.45, 2.75) is 6.92 Å². The molecule has 3 nitrogen and oxygen atoms in total. The Morgan fingerprint density at radius 3 is 2.33 bits per heavy atom. The molecule has 0 saturated heterocycles. The Morgan fingerprint density at radius 2 is 2.22 bits per heavy atom. The van der Waals surface area contributed by atoms with E-state index >= 15 is 0 Å². The Labute approximate surface area is 65.8 Å². The highest BCUT2D eigenvalue weighted by Gasteiger charge is 2.04. The topological polar surface area (TPSA) is 35.1 Å². The molecule has 0 aliphatic carbocycles. The standard InChI is InChI=1S/C5H6INO2/c1-3-4(6)7(2)5(8)9-3/h1-2H3. The number of oxazole rings is 1. The lowest BCUT2D eigenvalue weighted by Gasteiger charge is -1.85. The molecule has 0 spiro atoms. The van der Waals surface area contributed by atoms with Crippen molar-refractivity contribution in [1.82, 2.24) is 4.57 Å². The molecule has 1 aromatic heterocycles. The smallest absolute Gasteiger partial charge is 0.412 e. The zero-order chi connectivity index (χ0) is 7.02. The SMILES string of the molecule is Cc1oc(=O)n(C)c1I. The fourth-order valence-electron chi connectivity index (χ4n) is 0.558. The van der Waals surface area contributed by atoms with Crippen molar-refractivity contribution in [1.29, 1.82) is 0 Å². The highest BCUT2D eigenvalue weighted by atomic mass is 127. The first-order valence-electron chi connectivity index (χ1n) is 2.45. The second-order valence-electron chi connectivity index (χ2n) is 1.77. The molecular weight excluding hydrogens is 233 g/mol. The molecule has 0 atom stereocenters. The molecule has 0 amide bonds. The summed E-state index contributed by atoms with van der Waals surface area (Å²) >= 11 is 2.06. The second kappa shape index (κ2) is 2.17. The lowest BCUT2D eigenvalue weighted by atomic mass is 10.6. The van der Waals surface area contributed by atoms with E-state index in [9.17, 15) is 4.79 Å². The lowest BCUT2D eigenvalue weighted by Crippen LogP contribution is -2.09. The van der Waals surface area contributed by atoms with E-state index in [4.69, 9.17) is 4.42 Å². The van der Waals surface area contributed by atoms with Gasteiger partial charge in [0.05, 0.1) is 0 Å². The van der Waals surface area contributed by atoms with E-state index in [0.717, 1.165) is 3.70 Å². The van der Waals surface area contributed by atoms with Crippen LogP contribution in [0.15, 0.2) is 9.21 Å². The molecule has 0 unspecified atom stereocenters. The van der Waals surface area contributed by atoms with Crippen LogP contribution in [0.2, 0.25) is 0 Å². The van der Waals surface area contributed by atoms with Gasteiger partial charge in [-0.15, -0.1) is 0 Å². The summed E-state index contributed by atoms with van der Waals surface area (Å²) in [5.41, 5.74) is 0. The van der Waals surface area contributed by atoms with E-state index in [1.165, 1.54) is 4.57 Å². The molecule has 0 aliphatic rings. The highest BCUT2D eigenvalue weighted by Crippen LogP contribution is 2.06. The van der Waals surface area contributed by atoms with Crippen LogP contribution in [0, 0.1) is 10.6 Å². The normalized spacial score (nSPS) is 10.1. The maximum Gasteiger partial charge on any atom is 0.419 e. The van der Waals surface area contributed by atoms with Crippen molar-refractivity contribution in [3.05, 3.63) is 20.0 Å². The molecule has 50 valence electrons. The van der Waals surface area contributed by atoms with Gasteiger partial charge in [-0.05, 0) is 29.5 Å². The summed E-state index contributed by atoms with van der Waals surface area (Å²) in [6, 6.07) is 0. The number of rotatable bonds is 0. The molecule has 0 aliphatic heterocycles. The summed E-state index contributed by atoms with van der Waals surface area (Å²) in [4.78, 5) is 10.7. The predicted molar refractivity (Wildman–Crippen MR) is 41.4 cm³/mol. The van der Waals surface area contributed by atoms with E-state index in [0.29, 0.717) is 5.76 Å². The minimum absolute atomic E-state index is 0.295. The van der Waals surface area contributed by atoms with Gasteiger partial charge in [0, 0.05) is 7.05 Å². The van der Waals surface area contributed by atoms with Crippen molar-refractivity contribution < 1.29 is 4.42 Å². The van der Waals surface area contributed by atoms with Crippen molar-refractivity contribution in [2.24, 2.45) is 7.05 Å². The fraction of sp³-hybridized carbons (Fsp3) is 0.400. The van der Waals surface area contributed by atoms with E-state index in [-0.39, 0.29) is 5.76 Å². The second-order valence-corrected chi connectivity index (χ2v) is 2.80. The van der Waals surface area contributed by atoms with Crippen LogP contribution in [0.1, 0.15) is 5.76 Å².